The lowest BCUT2D eigenvalue weighted by molar-refractivity contribution is 0.174. The van der Waals surface area contributed by atoms with Gasteiger partial charge in [0.05, 0.1) is 6.54 Å². The van der Waals surface area contributed by atoms with E-state index in [1.54, 1.807) is 12.4 Å². The van der Waals surface area contributed by atoms with Crippen molar-refractivity contribution in [2.24, 2.45) is 0 Å². The predicted molar refractivity (Wildman–Crippen MR) is 58.5 cm³/mol. The fraction of sp³-hybridized carbons (Fsp3) is 0.182. The summed E-state index contributed by atoms with van der Waals surface area (Å²) >= 11 is 0. The zero-order valence-corrected chi connectivity index (χ0v) is 8.56. The summed E-state index contributed by atoms with van der Waals surface area (Å²) in [7, 11) is 0. The van der Waals surface area contributed by atoms with Gasteiger partial charge in [0.2, 0.25) is 6.79 Å². The van der Waals surface area contributed by atoms with Crippen LogP contribution in [0, 0.1) is 0 Å². The number of aromatic nitrogens is 2. The lowest BCUT2D eigenvalue weighted by Crippen LogP contribution is -2.00. The van der Waals surface area contributed by atoms with Gasteiger partial charge in [-0.25, -0.2) is 4.98 Å². The van der Waals surface area contributed by atoms with Crippen molar-refractivity contribution in [3.05, 3.63) is 36.4 Å². The van der Waals surface area contributed by atoms with E-state index in [1.807, 2.05) is 18.2 Å². The number of ether oxygens (including phenoxy) is 2. The van der Waals surface area contributed by atoms with E-state index >= 15 is 0 Å². The Morgan fingerprint density at radius 2 is 2.25 bits per heavy atom. The van der Waals surface area contributed by atoms with Gasteiger partial charge in [-0.3, -0.25) is 0 Å². The quantitative estimate of drug-likeness (QED) is 0.822. The van der Waals surface area contributed by atoms with Crippen LogP contribution in [0.5, 0.6) is 11.5 Å². The number of nitrogens with one attached hydrogen (secondary N) is 2. The summed E-state index contributed by atoms with van der Waals surface area (Å²) in [6.45, 7) is 0.962. The van der Waals surface area contributed by atoms with Crippen LogP contribution in [0.25, 0.3) is 0 Å². The summed E-state index contributed by atoms with van der Waals surface area (Å²) in [4.78, 5) is 7.16. The van der Waals surface area contributed by atoms with Gasteiger partial charge < -0.3 is 19.8 Å². The Hall–Kier alpha value is -2.17. The molecule has 0 aliphatic carbocycles. The Bertz CT molecular complexity index is 482. The largest absolute Gasteiger partial charge is 0.454 e. The molecule has 1 aliphatic rings. The fourth-order valence-corrected chi connectivity index (χ4v) is 1.59. The van der Waals surface area contributed by atoms with E-state index in [2.05, 4.69) is 15.3 Å². The zero-order valence-electron chi connectivity index (χ0n) is 8.56. The van der Waals surface area contributed by atoms with Crippen molar-refractivity contribution in [3.8, 4) is 11.5 Å². The lowest BCUT2D eigenvalue weighted by atomic mass is 10.3. The molecule has 0 saturated heterocycles. The number of hydrogen-bond acceptors (Lipinski definition) is 4. The van der Waals surface area contributed by atoms with E-state index in [0.717, 1.165) is 23.0 Å². The number of fused-ring (bicyclic) bond motifs is 1. The molecule has 2 aromatic rings. The normalized spacial score (nSPS) is 12.8. The molecule has 82 valence electrons. The molecule has 16 heavy (non-hydrogen) atoms. The van der Waals surface area contributed by atoms with Crippen LogP contribution in [-0.4, -0.2) is 16.8 Å². The van der Waals surface area contributed by atoms with Gasteiger partial charge in [0.25, 0.3) is 0 Å². The van der Waals surface area contributed by atoms with Crippen molar-refractivity contribution in [1.29, 1.82) is 0 Å². The summed E-state index contributed by atoms with van der Waals surface area (Å²) in [6.07, 6.45) is 3.54. The van der Waals surface area contributed by atoms with Gasteiger partial charge in [0, 0.05) is 24.1 Å². The molecule has 0 unspecified atom stereocenters. The molecule has 2 N–H and O–H groups in total. The molecule has 0 radical (unpaired) electrons. The van der Waals surface area contributed by atoms with Crippen molar-refractivity contribution in [3.63, 3.8) is 0 Å². The first kappa shape index (κ1) is 9.08. The maximum absolute atomic E-state index is 5.29. The summed E-state index contributed by atoms with van der Waals surface area (Å²) in [5.41, 5.74) is 0.987. The Balaban J connectivity index is 1.71. The monoisotopic (exact) mass is 217 g/mol. The molecule has 0 atom stereocenters. The second-order valence-electron chi connectivity index (χ2n) is 3.46. The summed E-state index contributed by atoms with van der Waals surface area (Å²) in [6, 6.07) is 5.77. The first-order chi connectivity index (χ1) is 7.92. The van der Waals surface area contributed by atoms with Gasteiger partial charge >= 0.3 is 0 Å². The van der Waals surface area contributed by atoms with E-state index in [9.17, 15) is 0 Å². The number of nitrogens with zero attached hydrogens (tertiary/aromatic N) is 1. The van der Waals surface area contributed by atoms with Gasteiger partial charge in [0.1, 0.15) is 5.82 Å². The van der Waals surface area contributed by atoms with Crippen LogP contribution in [0.15, 0.2) is 30.6 Å². The molecular formula is C11H11N3O2. The van der Waals surface area contributed by atoms with Crippen LogP contribution in [0.3, 0.4) is 0 Å². The molecular weight excluding hydrogens is 206 g/mol. The maximum Gasteiger partial charge on any atom is 0.231 e. The van der Waals surface area contributed by atoms with Crippen LogP contribution < -0.4 is 14.8 Å². The second-order valence-corrected chi connectivity index (χ2v) is 3.46. The minimum Gasteiger partial charge on any atom is -0.454 e. The molecule has 3 rings (SSSR count). The number of benzene rings is 1. The lowest BCUT2D eigenvalue weighted by Gasteiger charge is -2.05. The van der Waals surface area contributed by atoms with E-state index in [-0.39, 0.29) is 0 Å². The topological polar surface area (TPSA) is 59.2 Å². The molecule has 1 aliphatic heterocycles. The Kier molecular flexibility index (Phi) is 2.14. The SMILES string of the molecule is c1c[nH]c(CNc2ccc3c(c2)OCO3)n1. The van der Waals surface area contributed by atoms with Gasteiger partial charge in [-0.2, -0.15) is 0 Å². The van der Waals surface area contributed by atoms with E-state index in [1.165, 1.54) is 0 Å². The summed E-state index contributed by atoms with van der Waals surface area (Å²) in [5, 5.41) is 3.25. The second kappa shape index (κ2) is 3.77. The highest BCUT2D eigenvalue weighted by Crippen LogP contribution is 2.34. The highest BCUT2D eigenvalue weighted by atomic mass is 16.7. The molecule has 0 spiro atoms. The Morgan fingerprint density at radius 1 is 1.31 bits per heavy atom. The molecule has 5 nitrogen and oxygen atoms in total. The third-order valence-corrected chi connectivity index (χ3v) is 2.39. The molecule has 0 bridgehead atoms. The number of rotatable bonds is 3. The van der Waals surface area contributed by atoms with Crippen LogP contribution in [0.2, 0.25) is 0 Å². The molecule has 1 aromatic carbocycles. The van der Waals surface area contributed by atoms with Gasteiger partial charge in [-0.15, -0.1) is 0 Å². The third kappa shape index (κ3) is 1.67. The van der Waals surface area contributed by atoms with Crippen molar-refractivity contribution < 1.29 is 9.47 Å². The molecule has 0 fully saturated rings. The smallest absolute Gasteiger partial charge is 0.231 e. The van der Waals surface area contributed by atoms with Crippen LogP contribution in [-0.2, 0) is 6.54 Å². The molecule has 2 heterocycles. The number of aromatic amines is 1. The van der Waals surface area contributed by atoms with E-state index in [0.29, 0.717) is 13.3 Å². The van der Waals surface area contributed by atoms with Crippen molar-refractivity contribution in [2.45, 2.75) is 6.54 Å². The van der Waals surface area contributed by atoms with Crippen LogP contribution in [0.1, 0.15) is 5.82 Å². The highest BCUT2D eigenvalue weighted by molar-refractivity contribution is 5.55. The summed E-state index contributed by atoms with van der Waals surface area (Å²) < 4.78 is 10.5. The van der Waals surface area contributed by atoms with Gasteiger partial charge in [0.15, 0.2) is 11.5 Å². The minimum absolute atomic E-state index is 0.303. The summed E-state index contributed by atoms with van der Waals surface area (Å²) in [5.74, 6) is 2.48. The van der Waals surface area contributed by atoms with Gasteiger partial charge in [-0.1, -0.05) is 0 Å². The third-order valence-electron chi connectivity index (χ3n) is 2.39. The van der Waals surface area contributed by atoms with Crippen LogP contribution in [0.4, 0.5) is 5.69 Å². The van der Waals surface area contributed by atoms with Crippen molar-refractivity contribution in [1.82, 2.24) is 9.97 Å². The number of hydrogen-bond donors (Lipinski definition) is 2. The molecule has 0 saturated carbocycles. The Morgan fingerprint density at radius 3 is 3.12 bits per heavy atom. The molecule has 5 heteroatoms. The van der Waals surface area contributed by atoms with E-state index < -0.39 is 0 Å². The highest BCUT2D eigenvalue weighted by Gasteiger charge is 2.12. The average Bonchev–Trinajstić information content (AvgIpc) is 2.97. The number of anilines is 1. The van der Waals surface area contributed by atoms with E-state index in [4.69, 9.17) is 9.47 Å². The van der Waals surface area contributed by atoms with Crippen LogP contribution >= 0.6 is 0 Å². The zero-order chi connectivity index (χ0) is 10.8. The van der Waals surface area contributed by atoms with Gasteiger partial charge in [-0.05, 0) is 12.1 Å². The molecule has 0 amide bonds. The maximum atomic E-state index is 5.29. The van der Waals surface area contributed by atoms with Crippen molar-refractivity contribution >= 4 is 5.69 Å². The number of H-pyrrole nitrogens is 1. The predicted octanol–water partition coefficient (Wildman–Crippen LogP) is 1.75. The average molecular weight is 217 g/mol. The fourth-order valence-electron chi connectivity index (χ4n) is 1.59. The first-order valence-corrected chi connectivity index (χ1v) is 5.03. The Labute approximate surface area is 92.4 Å². The standard InChI is InChI=1S/C11H11N3O2/c1-2-9-10(16-7-15-9)5-8(1)14-6-11-12-3-4-13-11/h1-5,14H,6-7H2,(H,12,13). The van der Waals surface area contributed by atoms with Crippen molar-refractivity contribution in [2.75, 3.05) is 12.1 Å². The minimum atomic E-state index is 0.303. The number of imidazole rings is 1. The first-order valence-electron chi connectivity index (χ1n) is 5.03. The molecule has 1 aromatic heterocycles.